The molecule has 0 aliphatic rings. The Morgan fingerprint density at radius 1 is 1.09 bits per heavy atom. The minimum absolute atomic E-state index is 0.0986. The number of nitrogens with zero attached hydrogens (tertiary/aromatic N) is 4. The van der Waals surface area contributed by atoms with Crippen LogP contribution >= 0.6 is 11.8 Å². The molecule has 2 aromatic heterocycles. The van der Waals surface area contributed by atoms with Gasteiger partial charge in [0.15, 0.2) is 11.0 Å². The number of hydrogen-bond donors (Lipinski definition) is 1. The number of amides is 1. The highest BCUT2D eigenvalue weighted by Crippen LogP contribution is 2.31. The van der Waals surface area contributed by atoms with Gasteiger partial charge in [0.05, 0.1) is 11.9 Å². The molecular weight excluding hydrogens is 434 g/mol. The smallest absolute Gasteiger partial charge is 0.237 e. The van der Waals surface area contributed by atoms with Gasteiger partial charge in [-0.25, -0.2) is 0 Å². The summed E-state index contributed by atoms with van der Waals surface area (Å²) in [5.41, 5.74) is 3.53. The summed E-state index contributed by atoms with van der Waals surface area (Å²) in [5.74, 6) is 1.34. The van der Waals surface area contributed by atoms with Crippen molar-refractivity contribution in [2.24, 2.45) is 0 Å². The summed E-state index contributed by atoms with van der Waals surface area (Å²) < 4.78 is 7.52. The van der Waals surface area contributed by atoms with Gasteiger partial charge >= 0.3 is 0 Å². The molecule has 0 spiro atoms. The van der Waals surface area contributed by atoms with Crippen LogP contribution in [0.15, 0.2) is 78.2 Å². The second-order valence-electron chi connectivity index (χ2n) is 7.37. The summed E-state index contributed by atoms with van der Waals surface area (Å²) >= 11 is 1.35. The fourth-order valence-electron chi connectivity index (χ4n) is 3.28. The molecule has 4 aromatic rings. The summed E-state index contributed by atoms with van der Waals surface area (Å²) in [6.45, 7) is 6.38. The molecule has 7 nitrogen and oxygen atoms in total. The first-order valence-electron chi connectivity index (χ1n) is 10.7. The molecule has 4 rings (SSSR count). The molecule has 1 amide bonds. The van der Waals surface area contributed by atoms with Crippen molar-refractivity contribution < 1.29 is 9.53 Å². The summed E-state index contributed by atoms with van der Waals surface area (Å²) in [7, 11) is 0. The average Bonchev–Trinajstić information content (AvgIpc) is 3.25. The van der Waals surface area contributed by atoms with Crippen LogP contribution in [0.25, 0.3) is 17.1 Å². The van der Waals surface area contributed by atoms with Gasteiger partial charge in [0, 0.05) is 29.3 Å². The summed E-state index contributed by atoms with van der Waals surface area (Å²) in [5, 5.41) is 12.1. The van der Waals surface area contributed by atoms with E-state index in [4.69, 9.17) is 4.74 Å². The lowest BCUT2D eigenvalue weighted by Crippen LogP contribution is -2.23. The Bertz CT molecular complexity index is 1230. The number of anilines is 1. The van der Waals surface area contributed by atoms with Crippen molar-refractivity contribution in [3.63, 3.8) is 0 Å². The fourth-order valence-corrected chi connectivity index (χ4v) is 4.15. The molecule has 168 valence electrons. The third-order valence-corrected chi connectivity index (χ3v) is 6.06. The average molecular weight is 460 g/mol. The zero-order valence-corrected chi connectivity index (χ0v) is 19.5. The molecule has 1 unspecified atom stereocenters. The van der Waals surface area contributed by atoms with Crippen LogP contribution < -0.4 is 10.1 Å². The number of ether oxygens (including phenoxy) is 1. The van der Waals surface area contributed by atoms with E-state index in [1.54, 1.807) is 12.4 Å². The van der Waals surface area contributed by atoms with Gasteiger partial charge in [-0.2, -0.15) is 0 Å². The number of hydrogen-bond acceptors (Lipinski definition) is 6. The van der Waals surface area contributed by atoms with Crippen LogP contribution in [0.2, 0.25) is 0 Å². The Labute approximate surface area is 197 Å². The third-order valence-electron chi connectivity index (χ3n) is 5.01. The third kappa shape index (κ3) is 5.23. The first kappa shape index (κ1) is 22.5. The number of para-hydroxylation sites is 1. The van der Waals surface area contributed by atoms with Crippen molar-refractivity contribution in [1.82, 2.24) is 19.7 Å². The van der Waals surface area contributed by atoms with E-state index in [2.05, 4.69) is 20.5 Å². The molecule has 0 radical (unpaired) electrons. The number of aryl methyl sites for hydroxylation is 1. The first-order valence-corrected chi connectivity index (χ1v) is 11.6. The highest BCUT2D eigenvalue weighted by Gasteiger charge is 2.22. The summed E-state index contributed by atoms with van der Waals surface area (Å²) in [6.07, 6.45) is 3.46. The van der Waals surface area contributed by atoms with Crippen LogP contribution in [0.4, 0.5) is 5.69 Å². The maximum atomic E-state index is 12.9. The summed E-state index contributed by atoms with van der Waals surface area (Å²) in [4.78, 5) is 17.1. The number of aromatic nitrogens is 4. The molecule has 0 aliphatic carbocycles. The second kappa shape index (κ2) is 10.3. The number of carbonyl (C=O) groups is 1. The van der Waals surface area contributed by atoms with E-state index in [0.29, 0.717) is 17.6 Å². The maximum Gasteiger partial charge on any atom is 0.237 e. The molecule has 1 N–H and O–H groups in total. The molecule has 1 atom stereocenters. The SMILES string of the molecule is CCOc1ccc(-n2c(SC(C)C(=O)Nc3ccccc3C)nnc2-c2cccnc2)cc1. The Hall–Kier alpha value is -3.65. The largest absolute Gasteiger partial charge is 0.494 e. The lowest BCUT2D eigenvalue weighted by atomic mass is 10.2. The molecule has 0 aliphatic heterocycles. The molecule has 33 heavy (non-hydrogen) atoms. The Balaban J connectivity index is 1.64. The molecule has 0 saturated heterocycles. The number of thioether (sulfide) groups is 1. The van der Waals surface area contributed by atoms with E-state index in [1.807, 2.05) is 86.0 Å². The predicted molar refractivity (Wildman–Crippen MR) is 131 cm³/mol. The Morgan fingerprint density at radius 2 is 1.88 bits per heavy atom. The van der Waals surface area contributed by atoms with Crippen LogP contribution in [0.5, 0.6) is 5.75 Å². The van der Waals surface area contributed by atoms with E-state index < -0.39 is 5.25 Å². The molecule has 0 bridgehead atoms. The standard InChI is InChI=1S/C25H25N5O2S/c1-4-32-21-13-11-20(12-14-21)30-23(19-9-7-15-26-16-19)28-29-25(30)33-18(3)24(31)27-22-10-6-5-8-17(22)2/h5-16,18H,4H2,1-3H3,(H,27,31). The van der Waals surface area contributed by atoms with Crippen molar-refractivity contribution in [3.8, 4) is 22.8 Å². The van der Waals surface area contributed by atoms with Crippen LogP contribution in [0.3, 0.4) is 0 Å². The minimum Gasteiger partial charge on any atom is -0.494 e. The fraction of sp³-hybridized carbons (Fsp3) is 0.200. The molecule has 2 aromatic carbocycles. The molecular formula is C25H25N5O2S. The predicted octanol–water partition coefficient (Wildman–Crippen LogP) is 5.16. The van der Waals surface area contributed by atoms with Crippen molar-refractivity contribution >= 4 is 23.4 Å². The van der Waals surface area contributed by atoms with Crippen LogP contribution in [-0.4, -0.2) is 37.5 Å². The monoisotopic (exact) mass is 459 g/mol. The normalized spacial score (nSPS) is 11.7. The van der Waals surface area contributed by atoms with Gasteiger partial charge in [-0.05, 0) is 68.8 Å². The topological polar surface area (TPSA) is 81.9 Å². The van der Waals surface area contributed by atoms with Crippen molar-refractivity contribution in [2.75, 3.05) is 11.9 Å². The quantitative estimate of drug-likeness (QED) is 0.367. The van der Waals surface area contributed by atoms with Crippen molar-refractivity contribution in [1.29, 1.82) is 0 Å². The number of rotatable bonds is 8. The first-order chi connectivity index (χ1) is 16.1. The zero-order chi connectivity index (χ0) is 23.2. The number of pyridine rings is 1. The molecule has 0 fully saturated rings. The summed E-state index contributed by atoms with van der Waals surface area (Å²) in [6, 6.07) is 19.2. The maximum absolute atomic E-state index is 12.9. The Kier molecular flexibility index (Phi) is 7.04. The zero-order valence-electron chi connectivity index (χ0n) is 18.7. The van der Waals surface area contributed by atoms with Gasteiger partial charge in [0.2, 0.25) is 5.91 Å². The Morgan fingerprint density at radius 3 is 2.58 bits per heavy atom. The lowest BCUT2D eigenvalue weighted by Gasteiger charge is -2.15. The van der Waals surface area contributed by atoms with Gasteiger partial charge < -0.3 is 10.1 Å². The molecule has 8 heteroatoms. The number of nitrogens with one attached hydrogen (secondary N) is 1. The lowest BCUT2D eigenvalue weighted by molar-refractivity contribution is -0.115. The van der Waals surface area contributed by atoms with E-state index in [-0.39, 0.29) is 5.91 Å². The van der Waals surface area contributed by atoms with Gasteiger partial charge in [0.1, 0.15) is 5.75 Å². The van der Waals surface area contributed by atoms with E-state index in [1.165, 1.54) is 11.8 Å². The van der Waals surface area contributed by atoms with Gasteiger partial charge in [-0.1, -0.05) is 30.0 Å². The van der Waals surface area contributed by atoms with Crippen molar-refractivity contribution in [3.05, 3.63) is 78.6 Å². The van der Waals surface area contributed by atoms with E-state index >= 15 is 0 Å². The second-order valence-corrected chi connectivity index (χ2v) is 8.68. The van der Waals surface area contributed by atoms with Crippen LogP contribution in [0.1, 0.15) is 19.4 Å². The van der Waals surface area contributed by atoms with Crippen molar-refractivity contribution in [2.45, 2.75) is 31.2 Å². The minimum atomic E-state index is -0.392. The van der Waals surface area contributed by atoms with Gasteiger partial charge in [-0.15, -0.1) is 10.2 Å². The van der Waals surface area contributed by atoms with Gasteiger partial charge in [0.25, 0.3) is 0 Å². The molecule has 0 saturated carbocycles. The molecule has 2 heterocycles. The number of benzene rings is 2. The van der Waals surface area contributed by atoms with Gasteiger partial charge in [-0.3, -0.25) is 14.3 Å². The highest BCUT2D eigenvalue weighted by atomic mass is 32.2. The van der Waals surface area contributed by atoms with E-state index in [9.17, 15) is 4.79 Å². The van der Waals surface area contributed by atoms with Crippen LogP contribution in [-0.2, 0) is 4.79 Å². The number of carbonyl (C=O) groups excluding carboxylic acids is 1. The highest BCUT2D eigenvalue weighted by molar-refractivity contribution is 8.00. The van der Waals surface area contributed by atoms with Crippen LogP contribution in [0, 0.1) is 6.92 Å². The van der Waals surface area contributed by atoms with E-state index in [0.717, 1.165) is 28.3 Å².